The minimum Gasteiger partial charge on any atom is -0.336 e. The second-order valence-corrected chi connectivity index (χ2v) is 9.05. The zero-order chi connectivity index (χ0) is 22.4. The lowest BCUT2D eigenvalue weighted by molar-refractivity contribution is -0.136. The normalized spacial score (nSPS) is 23.7. The predicted molar refractivity (Wildman–Crippen MR) is 117 cm³/mol. The highest BCUT2D eigenvalue weighted by molar-refractivity contribution is 6.05. The van der Waals surface area contributed by atoms with E-state index in [1.165, 1.54) is 0 Å². The molecule has 2 N–H and O–H groups in total. The van der Waals surface area contributed by atoms with Gasteiger partial charge in [-0.05, 0) is 44.1 Å². The Kier molecular flexibility index (Phi) is 5.30. The van der Waals surface area contributed by atoms with Gasteiger partial charge in [0.15, 0.2) is 0 Å². The minimum absolute atomic E-state index is 0.159. The van der Waals surface area contributed by atoms with E-state index in [9.17, 15) is 14.4 Å². The van der Waals surface area contributed by atoms with E-state index < -0.39 is 11.9 Å². The van der Waals surface area contributed by atoms with Gasteiger partial charge in [-0.15, -0.1) is 0 Å². The number of imidazole rings is 1. The Morgan fingerprint density at radius 1 is 1.19 bits per heavy atom. The van der Waals surface area contributed by atoms with Crippen LogP contribution in [-0.4, -0.2) is 69.3 Å². The van der Waals surface area contributed by atoms with E-state index in [0.717, 1.165) is 42.2 Å². The van der Waals surface area contributed by atoms with Gasteiger partial charge >= 0.3 is 0 Å². The molecule has 0 saturated carbocycles. The summed E-state index contributed by atoms with van der Waals surface area (Å²) in [4.78, 5) is 45.3. The maximum atomic E-state index is 12.9. The molecule has 32 heavy (non-hydrogen) atoms. The largest absolute Gasteiger partial charge is 0.336 e. The summed E-state index contributed by atoms with van der Waals surface area (Å²) in [6.45, 7) is 3.25. The Morgan fingerprint density at radius 3 is 2.78 bits per heavy atom. The third-order valence-corrected chi connectivity index (χ3v) is 6.73. The van der Waals surface area contributed by atoms with Gasteiger partial charge in [-0.25, -0.2) is 4.98 Å². The highest BCUT2D eigenvalue weighted by Gasteiger charge is 2.39. The molecular weight excluding hydrogens is 408 g/mol. The number of benzene rings is 1. The van der Waals surface area contributed by atoms with Gasteiger partial charge in [-0.1, -0.05) is 6.07 Å². The van der Waals surface area contributed by atoms with Crippen LogP contribution >= 0.6 is 0 Å². The molecule has 3 amide bonds. The van der Waals surface area contributed by atoms with Crippen LogP contribution in [0.15, 0.2) is 24.4 Å². The molecule has 2 atom stereocenters. The standard InChI is InChI=1S/C23H28N6O3/c1-27-8-7-16(12-27)24-10-20-25-18(13-28(20)2)14-3-4-17-15(9-14)11-29(23(17)32)19-5-6-21(30)26-22(19)31/h3-4,9,13,16,19,24H,5-8,10-12H2,1-2H3,(H,26,30,31)/t16-,19?/m0/s1. The molecule has 0 bridgehead atoms. The van der Waals surface area contributed by atoms with Crippen LogP contribution < -0.4 is 10.6 Å². The lowest BCUT2D eigenvalue weighted by atomic mass is 10.0. The van der Waals surface area contributed by atoms with Crippen LogP contribution in [0.25, 0.3) is 11.3 Å². The van der Waals surface area contributed by atoms with E-state index in [0.29, 0.717) is 31.1 Å². The van der Waals surface area contributed by atoms with Gasteiger partial charge in [-0.3, -0.25) is 19.7 Å². The molecule has 2 fully saturated rings. The third kappa shape index (κ3) is 3.82. The lowest BCUT2D eigenvalue weighted by Crippen LogP contribution is -2.52. The van der Waals surface area contributed by atoms with Gasteiger partial charge < -0.3 is 19.7 Å². The van der Waals surface area contributed by atoms with E-state index in [4.69, 9.17) is 4.98 Å². The fraction of sp³-hybridized carbons (Fsp3) is 0.478. The molecular formula is C23H28N6O3. The Bertz CT molecular complexity index is 1090. The van der Waals surface area contributed by atoms with Gasteiger partial charge in [0.05, 0.1) is 12.2 Å². The molecule has 2 aromatic rings. The number of carbonyl (C=O) groups excluding carboxylic acids is 3. The van der Waals surface area contributed by atoms with Crippen molar-refractivity contribution in [2.45, 2.75) is 44.4 Å². The summed E-state index contributed by atoms with van der Waals surface area (Å²) in [6.07, 6.45) is 3.78. The molecule has 0 aliphatic carbocycles. The molecule has 4 heterocycles. The second kappa shape index (κ2) is 8.14. The van der Waals surface area contributed by atoms with Crippen LogP contribution in [0.2, 0.25) is 0 Å². The number of piperidine rings is 1. The minimum atomic E-state index is -0.599. The predicted octanol–water partition coefficient (Wildman–Crippen LogP) is 0.642. The van der Waals surface area contributed by atoms with Crippen molar-refractivity contribution >= 4 is 17.7 Å². The first-order valence-electron chi connectivity index (χ1n) is 11.1. The van der Waals surface area contributed by atoms with Gasteiger partial charge in [0.25, 0.3) is 5.91 Å². The van der Waals surface area contributed by atoms with Crippen molar-refractivity contribution in [3.05, 3.63) is 41.3 Å². The monoisotopic (exact) mass is 436 g/mol. The SMILES string of the molecule is CN1CC[C@H](NCc2nc(-c3ccc4c(c3)CN(C3CCC(=O)NC3=O)C4=O)cn2C)C1. The number of carbonyl (C=O) groups is 3. The molecule has 0 spiro atoms. The summed E-state index contributed by atoms with van der Waals surface area (Å²) in [5.41, 5.74) is 3.31. The number of aryl methyl sites for hydroxylation is 1. The number of likely N-dealkylation sites (tertiary alicyclic amines) is 1. The first-order chi connectivity index (χ1) is 15.4. The van der Waals surface area contributed by atoms with Crippen LogP contribution in [-0.2, 0) is 29.7 Å². The summed E-state index contributed by atoms with van der Waals surface area (Å²) in [5, 5.41) is 5.93. The molecule has 5 rings (SSSR count). The molecule has 3 aliphatic heterocycles. The van der Waals surface area contributed by atoms with Crippen molar-refractivity contribution in [2.24, 2.45) is 7.05 Å². The van der Waals surface area contributed by atoms with Crippen molar-refractivity contribution in [3.8, 4) is 11.3 Å². The number of imide groups is 1. The zero-order valence-electron chi connectivity index (χ0n) is 18.4. The fourth-order valence-electron chi connectivity index (χ4n) is 4.88. The van der Waals surface area contributed by atoms with Crippen LogP contribution in [0, 0.1) is 0 Å². The van der Waals surface area contributed by atoms with Crippen LogP contribution in [0.5, 0.6) is 0 Å². The second-order valence-electron chi connectivity index (χ2n) is 9.05. The van der Waals surface area contributed by atoms with E-state index in [-0.39, 0.29) is 18.2 Å². The summed E-state index contributed by atoms with van der Waals surface area (Å²) in [5.74, 6) is 0.140. The Hall–Kier alpha value is -3.04. The fourth-order valence-corrected chi connectivity index (χ4v) is 4.88. The van der Waals surface area contributed by atoms with Gasteiger partial charge in [0, 0.05) is 49.9 Å². The molecule has 1 aromatic heterocycles. The third-order valence-electron chi connectivity index (χ3n) is 6.73. The topological polar surface area (TPSA) is 99.6 Å². The number of nitrogens with zero attached hydrogens (tertiary/aromatic N) is 4. The van der Waals surface area contributed by atoms with Crippen LogP contribution in [0.1, 0.15) is 41.0 Å². The van der Waals surface area contributed by atoms with Gasteiger partial charge in [0.2, 0.25) is 11.8 Å². The summed E-state index contributed by atoms with van der Waals surface area (Å²) in [6, 6.07) is 5.61. The van der Waals surface area contributed by atoms with Crippen LogP contribution in [0.3, 0.4) is 0 Å². The Balaban J connectivity index is 1.31. The van der Waals surface area contributed by atoms with Gasteiger partial charge in [-0.2, -0.15) is 0 Å². The highest BCUT2D eigenvalue weighted by Crippen LogP contribution is 2.31. The number of nitrogens with one attached hydrogen (secondary N) is 2. The van der Waals surface area contributed by atoms with Crippen molar-refractivity contribution in [1.82, 2.24) is 30.0 Å². The molecule has 9 nitrogen and oxygen atoms in total. The maximum Gasteiger partial charge on any atom is 0.255 e. The number of hydrogen-bond donors (Lipinski definition) is 2. The summed E-state index contributed by atoms with van der Waals surface area (Å²) >= 11 is 0. The average molecular weight is 437 g/mol. The number of amides is 3. The molecule has 1 aromatic carbocycles. The molecule has 1 unspecified atom stereocenters. The average Bonchev–Trinajstić information content (AvgIpc) is 3.44. The molecule has 9 heteroatoms. The zero-order valence-corrected chi connectivity index (χ0v) is 18.4. The quantitative estimate of drug-likeness (QED) is 0.668. The Morgan fingerprint density at radius 2 is 2.03 bits per heavy atom. The summed E-state index contributed by atoms with van der Waals surface area (Å²) < 4.78 is 2.04. The van der Waals surface area contributed by atoms with Gasteiger partial charge in [0.1, 0.15) is 11.9 Å². The van der Waals surface area contributed by atoms with E-state index in [1.807, 2.05) is 36.0 Å². The van der Waals surface area contributed by atoms with Crippen molar-refractivity contribution in [3.63, 3.8) is 0 Å². The first kappa shape index (κ1) is 20.8. The maximum absolute atomic E-state index is 12.9. The molecule has 3 aliphatic rings. The number of rotatable bonds is 5. The summed E-state index contributed by atoms with van der Waals surface area (Å²) in [7, 11) is 4.14. The van der Waals surface area contributed by atoms with E-state index >= 15 is 0 Å². The Labute approximate surface area is 186 Å². The lowest BCUT2D eigenvalue weighted by Gasteiger charge is -2.29. The highest BCUT2D eigenvalue weighted by atomic mass is 16.2. The van der Waals surface area contributed by atoms with Crippen molar-refractivity contribution < 1.29 is 14.4 Å². The molecule has 2 saturated heterocycles. The number of likely N-dealkylation sites (N-methyl/N-ethyl adjacent to an activating group) is 1. The van der Waals surface area contributed by atoms with Crippen molar-refractivity contribution in [1.29, 1.82) is 0 Å². The first-order valence-corrected chi connectivity index (χ1v) is 11.1. The van der Waals surface area contributed by atoms with Crippen LogP contribution in [0.4, 0.5) is 0 Å². The molecule has 168 valence electrons. The molecule has 0 radical (unpaired) electrons. The number of aromatic nitrogens is 2. The van der Waals surface area contributed by atoms with Crippen molar-refractivity contribution in [2.75, 3.05) is 20.1 Å². The number of hydrogen-bond acceptors (Lipinski definition) is 6. The van der Waals surface area contributed by atoms with E-state index in [1.54, 1.807) is 4.90 Å². The number of fused-ring (bicyclic) bond motifs is 1. The smallest absolute Gasteiger partial charge is 0.255 e. The van der Waals surface area contributed by atoms with E-state index in [2.05, 4.69) is 22.6 Å².